The summed E-state index contributed by atoms with van der Waals surface area (Å²) in [5, 5.41) is 5.95. The number of piperidine rings is 3. The Bertz CT molecular complexity index is 1080. The third kappa shape index (κ3) is 3.52. The summed E-state index contributed by atoms with van der Waals surface area (Å²) in [7, 11) is 0. The number of carbonyl (C=O) groups excluding carboxylic acids is 1. The number of hydrogen-bond acceptors (Lipinski definition) is 5. The van der Waals surface area contributed by atoms with Crippen LogP contribution in [0.4, 0.5) is 0 Å². The number of carbonyl (C=O) groups is 1. The largest absolute Gasteiger partial charge is 0.348 e. The van der Waals surface area contributed by atoms with Gasteiger partial charge in [-0.1, -0.05) is 12.1 Å². The van der Waals surface area contributed by atoms with Gasteiger partial charge in [0.1, 0.15) is 5.01 Å². The SMILES string of the molecule is O=C(NC1CN2CCC1CC2)c1ccc(=O)n(-c2ccccc2-c2nccs2)c1. The van der Waals surface area contributed by atoms with Crippen molar-refractivity contribution in [3.05, 3.63) is 70.1 Å². The van der Waals surface area contributed by atoms with Crippen LogP contribution in [0.3, 0.4) is 0 Å². The minimum Gasteiger partial charge on any atom is -0.348 e. The summed E-state index contributed by atoms with van der Waals surface area (Å²) < 4.78 is 1.54. The zero-order valence-electron chi connectivity index (χ0n) is 16.0. The first-order valence-electron chi connectivity index (χ1n) is 9.94. The molecule has 0 aliphatic carbocycles. The molecule has 5 heterocycles. The molecule has 29 heavy (non-hydrogen) atoms. The van der Waals surface area contributed by atoms with Crippen molar-refractivity contribution >= 4 is 17.2 Å². The minimum absolute atomic E-state index is 0.121. The van der Waals surface area contributed by atoms with Crippen LogP contribution in [0.5, 0.6) is 0 Å². The second-order valence-electron chi connectivity index (χ2n) is 7.70. The predicted octanol–water partition coefficient (Wildman–Crippen LogP) is 2.79. The van der Waals surface area contributed by atoms with Crippen LogP contribution in [0, 0.1) is 5.92 Å². The number of aromatic nitrogens is 2. The molecule has 3 aliphatic heterocycles. The summed E-state index contributed by atoms with van der Waals surface area (Å²) >= 11 is 1.52. The third-order valence-electron chi connectivity index (χ3n) is 5.97. The fraction of sp³-hybridized carbons (Fsp3) is 0.318. The molecule has 1 amide bonds. The number of rotatable bonds is 4. The molecule has 2 aromatic heterocycles. The van der Waals surface area contributed by atoms with Crippen LogP contribution in [0.1, 0.15) is 23.2 Å². The van der Waals surface area contributed by atoms with Crippen molar-refractivity contribution in [2.75, 3.05) is 19.6 Å². The van der Waals surface area contributed by atoms with Gasteiger partial charge in [0.2, 0.25) is 0 Å². The van der Waals surface area contributed by atoms with E-state index in [4.69, 9.17) is 0 Å². The standard InChI is InChI=1S/C22H22N4O2S/c27-20-6-5-16(21(28)24-18-14-25-10-7-15(18)8-11-25)13-26(20)19-4-2-1-3-17(19)22-23-9-12-29-22/h1-6,9,12-13,15,18H,7-8,10-11,14H2,(H,24,28). The average Bonchev–Trinajstić information content (AvgIpc) is 3.30. The molecule has 7 heteroatoms. The van der Waals surface area contributed by atoms with Crippen molar-refractivity contribution in [3.63, 3.8) is 0 Å². The van der Waals surface area contributed by atoms with E-state index in [1.165, 1.54) is 17.4 Å². The molecule has 148 valence electrons. The number of nitrogens with one attached hydrogen (secondary N) is 1. The van der Waals surface area contributed by atoms with E-state index in [2.05, 4.69) is 15.2 Å². The summed E-state index contributed by atoms with van der Waals surface area (Å²) in [5.74, 6) is 0.435. The van der Waals surface area contributed by atoms with Crippen molar-refractivity contribution in [1.29, 1.82) is 0 Å². The molecular formula is C22H22N4O2S. The summed E-state index contributed by atoms with van der Waals surface area (Å²) in [6, 6.07) is 10.9. The van der Waals surface area contributed by atoms with E-state index < -0.39 is 0 Å². The van der Waals surface area contributed by atoms with Crippen LogP contribution in [-0.4, -0.2) is 46.0 Å². The molecule has 6 rings (SSSR count). The van der Waals surface area contributed by atoms with Crippen LogP contribution < -0.4 is 10.9 Å². The van der Waals surface area contributed by atoms with Crippen molar-refractivity contribution in [2.45, 2.75) is 18.9 Å². The molecule has 0 spiro atoms. The molecule has 6 nitrogen and oxygen atoms in total. The van der Waals surface area contributed by atoms with Crippen molar-refractivity contribution in [3.8, 4) is 16.3 Å². The molecule has 3 fully saturated rings. The molecule has 3 aromatic rings. The molecule has 0 saturated carbocycles. The number of fused-ring (bicyclic) bond motifs is 3. The first kappa shape index (κ1) is 18.3. The second kappa shape index (κ2) is 7.57. The van der Waals surface area contributed by atoms with E-state index in [9.17, 15) is 9.59 Å². The van der Waals surface area contributed by atoms with Gasteiger partial charge in [0.05, 0.1) is 11.3 Å². The zero-order valence-corrected chi connectivity index (χ0v) is 16.8. The van der Waals surface area contributed by atoms with Crippen molar-refractivity contribution in [1.82, 2.24) is 19.8 Å². The van der Waals surface area contributed by atoms with Crippen LogP contribution in [0.25, 0.3) is 16.3 Å². The first-order valence-corrected chi connectivity index (χ1v) is 10.8. The summed E-state index contributed by atoms with van der Waals surface area (Å²) in [5.41, 5.74) is 1.92. The van der Waals surface area contributed by atoms with E-state index in [-0.39, 0.29) is 17.5 Å². The molecule has 1 unspecified atom stereocenters. The van der Waals surface area contributed by atoms with Gasteiger partial charge in [-0.15, -0.1) is 11.3 Å². The Hall–Kier alpha value is -2.77. The Labute approximate surface area is 172 Å². The molecule has 3 saturated heterocycles. The monoisotopic (exact) mass is 406 g/mol. The van der Waals surface area contributed by atoms with Gasteiger partial charge >= 0.3 is 0 Å². The van der Waals surface area contributed by atoms with Gasteiger partial charge in [-0.05, 0) is 50.0 Å². The highest BCUT2D eigenvalue weighted by Crippen LogP contribution is 2.29. The van der Waals surface area contributed by atoms with E-state index in [1.807, 2.05) is 29.6 Å². The van der Waals surface area contributed by atoms with Gasteiger partial charge < -0.3 is 10.2 Å². The van der Waals surface area contributed by atoms with E-state index >= 15 is 0 Å². The van der Waals surface area contributed by atoms with Crippen molar-refractivity contribution in [2.24, 2.45) is 5.92 Å². The van der Waals surface area contributed by atoms with Crippen LogP contribution in [-0.2, 0) is 0 Å². The number of pyridine rings is 1. The Morgan fingerprint density at radius 2 is 1.97 bits per heavy atom. The number of para-hydroxylation sites is 1. The number of nitrogens with zero attached hydrogens (tertiary/aromatic N) is 3. The summed E-state index contributed by atoms with van der Waals surface area (Å²) in [4.78, 5) is 32.4. The molecule has 1 atom stereocenters. The Balaban J connectivity index is 1.46. The highest BCUT2D eigenvalue weighted by molar-refractivity contribution is 7.13. The van der Waals surface area contributed by atoms with Gasteiger partial charge in [0, 0.05) is 42.0 Å². The van der Waals surface area contributed by atoms with Crippen LogP contribution >= 0.6 is 11.3 Å². The smallest absolute Gasteiger partial charge is 0.255 e. The first-order chi connectivity index (χ1) is 14.2. The molecule has 2 bridgehead atoms. The van der Waals surface area contributed by atoms with Gasteiger partial charge in [-0.3, -0.25) is 14.2 Å². The van der Waals surface area contributed by atoms with Gasteiger partial charge in [-0.25, -0.2) is 4.98 Å². The zero-order chi connectivity index (χ0) is 19.8. The molecule has 0 radical (unpaired) electrons. The lowest BCUT2D eigenvalue weighted by Gasteiger charge is -2.44. The highest BCUT2D eigenvalue weighted by atomic mass is 32.1. The lowest BCUT2D eigenvalue weighted by molar-refractivity contribution is 0.0620. The Morgan fingerprint density at radius 3 is 2.69 bits per heavy atom. The molecule has 1 aromatic carbocycles. The number of thiazole rings is 1. The maximum Gasteiger partial charge on any atom is 0.255 e. The molecule has 3 aliphatic rings. The highest BCUT2D eigenvalue weighted by Gasteiger charge is 2.35. The van der Waals surface area contributed by atoms with E-state index in [0.717, 1.165) is 48.7 Å². The predicted molar refractivity (Wildman–Crippen MR) is 114 cm³/mol. The lowest BCUT2D eigenvalue weighted by atomic mass is 9.84. The number of benzene rings is 1. The summed E-state index contributed by atoms with van der Waals surface area (Å²) in [6.07, 6.45) is 5.68. The third-order valence-corrected chi connectivity index (χ3v) is 6.78. The lowest BCUT2D eigenvalue weighted by Crippen LogP contribution is -2.57. The van der Waals surface area contributed by atoms with Gasteiger partial charge in [-0.2, -0.15) is 0 Å². The normalized spacial score (nSPS) is 23.1. The van der Waals surface area contributed by atoms with Crippen LogP contribution in [0.2, 0.25) is 0 Å². The summed E-state index contributed by atoms with van der Waals surface area (Å²) in [6.45, 7) is 3.19. The van der Waals surface area contributed by atoms with Crippen LogP contribution in [0.15, 0.2) is 59.0 Å². The maximum atomic E-state index is 12.9. The van der Waals surface area contributed by atoms with E-state index in [1.54, 1.807) is 23.0 Å². The second-order valence-corrected chi connectivity index (χ2v) is 8.59. The quantitative estimate of drug-likeness (QED) is 0.724. The topological polar surface area (TPSA) is 67.2 Å². The van der Waals surface area contributed by atoms with Gasteiger partial charge in [0.25, 0.3) is 11.5 Å². The van der Waals surface area contributed by atoms with E-state index in [0.29, 0.717) is 11.5 Å². The fourth-order valence-corrected chi connectivity index (χ4v) is 5.08. The number of amides is 1. The minimum atomic E-state index is -0.173. The van der Waals surface area contributed by atoms with Crippen molar-refractivity contribution < 1.29 is 4.79 Å². The maximum absolute atomic E-state index is 12.9. The fourth-order valence-electron chi connectivity index (χ4n) is 4.41. The molecule has 1 N–H and O–H groups in total. The Morgan fingerprint density at radius 1 is 1.14 bits per heavy atom. The van der Waals surface area contributed by atoms with Gasteiger partial charge in [0.15, 0.2) is 0 Å². The molecular weight excluding hydrogens is 384 g/mol. The Kier molecular flexibility index (Phi) is 4.77. The average molecular weight is 407 g/mol. The number of hydrogen-bond donors (Lipinski definition) is 1.